The van der Waals surface area contributed by atoms with Crippen LogP contribution in [0.3, 0.4) is 0 Å². The lowest BCUT2D eigenvalue weighted by molar-refractivity contribution is 0.0953. The summed E-state index contributed by atoms with van der Waals surface area (Å²) in [6, 6.07) is 7.60. The Morgan fingerprint density at radius 3 is 2.33 bits per heavy atom. The van der Waals surface area contributed by atoms with Crippen LogP contribution in [0.4, 0.5) is 4.39 Å². The highest BCUT2D eigenvalue weighted by atomic mass is 19.1. The number of hydrogen-bond acceptors (Lipinski definition) is 3. The monoisotopic (exact) mass is 327 g/mol. The largest absolute Gasteiger partial charge is 0.352 e. The number of amides is 2. The van der Waals surface area contributed by atoms with E-state index < -0.39 is 0 Å². The molecular weight excluding hydrogens is 309 g/mol. The Balaban J connectivity index is 1.91. The summed E-state index contributed by atoms with van der Waals surface area (Å²) in [5, 5.41) is 5.38. The lowest BCUT2D eigenvalue weighted by Crippen LogP contribution is -2.27. The summed E-state index contributed by atoms with van der Waals surface area (Å²) in [7, 11) is 0. The number of rotatable bonds is 7. The minimum Gasteiger partial charge on any atom is -0.352 e. The summed E-state index contributed by atoms with van der Waals surface area (Å²) < 4.78 is 12.8. The van der Waals surface area contributed by atoms with E-state index in [9.17, 15) is 14.0 Å². The van der Waals surface area contributed by atoms with Crippen molar-refractivity contribution in [2.45, 2.75) is 6.42 Å². The molecule has 0 aliphatic rings. The molecule has 6 heteroatoms. The van der Waals surface area contributed by atoms with Crippen LogP contribution in [0.2, 0.25) is 0 Å². The minimum atomic E-state index is -0.317. The van der Waals surface area contributed by atoms with Crippen LogP contribution in [0.5, 0.6) is 0 Å². The molecule has 124 valence electrons. The highest BCUT2D eigenvalue weighted by Crippen LogP contribution is 2.05. The number of carbonyl (C=O) groups is 2. The number of carbonyl (C=O) groups excluding carboxylic acids is 2. The molecule has 0 atom stereocenters. The van der Waals surface area contributed by atoms with Gasteiger partial charge in [-0.25, -0.2) is 4.39 Å². The van der Waals surface area contributed by atoms with Crippen LogP contribution in [0.15, 0.2) is 55.4 Å². The summed E-state index contributed by atoms with van der Waals surface area (Å²) >= 11 is 0. The first kappa shape index (κ1) is 17.3. The predicted molar refractivity (Wildman–Crippen MR) is 89.2 cm³/mol. The van der Waals surface area contributed by atoms with Crippen LogP contribution in [-0.4, -0.2) is 29.9 Å². The molecule has 0 saturated heterocycles. The molecule has 1 heterocycles. The van der Waals surface area contributed by atoms with E-state index in [4.69, 9.17) is 0 Å². The Morgan fingerprint density at radius 2 is 1.71 bits per heavy atom. The average Bonchev–Trinajstić information content (AvgIpc) is 2.61. The highest BCUT2D eigenvalue weighted by molar-refractivity contribution is 5.99. The fraction of sp³-hybridized carbons (Fsp3) is 0.167. The Morgan fingerprint density at radius 1 is 1.08 bits per heavy atom. The molecular formula is C18H18FN3O2. The van der Waals surface area contributed by atoms with E-state index in [0.29, 0.717) is 30.6 Å². The van der Waals surface area contributed by atoms with E-state index in [1.54, 1.807) is 18.2 Å². The van der Waals surface area contributed by atoms with Gasteiger partial charge in [-0.3, -0.25) is 14.6 Å². The SMILES string of the molecule is C=CCNC(=O)c1cncc(C(=O)NCCc2ccc(F)cc2)c1. The zero-order valence-corrected chi connectivity index (χ0v) is 13.1. The third-order valence-electron chi connectivity index (χ3n) is 3.28. The first-order valence-corrected chi connectivity index (χ1v) is 7.47. The van der Waals surface area contributed by atoms with E-state index in [1.807, 2.05) is 0 Å². The van der Waals surface area contributed by atoms with Crippen LogP contribution in [0.25, 0.3) is 0 Å². The van der Waals surface area contributed by atoms with Gasteiger partial charge < -0.3 is 10.6 Å². The molecule has 0 unspecified atom stereocenters. The molecule has 0 aliphatic heterocycles. The molecule has 1 aromatic heterocycles. The fourth-order valence-corrected chi connectivity index (χ4v) is 2.03. The number of nitrogens with zero attached hydrogens (tertiary/aromatic N) is 1. The zero-order valence-electron chi connectivity index (χ0n) is 13.1. The first-order chi connectivity index (χ1) is 11.6. The molecule has 0 spiro atoms. The van der Waals surface area contributed by atoms with Crippen LogP contribution >= 0.6 is 0 Å². The Bertz CT molecular complexity index is 729. The molecule has 5 nitrogen and oxygen atoms in total. The van der Waals surface area contributed by atoms with Gasteiger partial charge in [0.25, 0.3) is 11.8 Å². The summed E-state index contributed by atoms with van der Waals surface area (Å²) in [4.78, 5) is 27.9. The standard InChI is InChI=1S/C18H18FN3O2/c1-2-8-21-17(23)14-10-15(12-20-11-14)18(24)22-9-7-13-3-5-16(19)6-4-13/h2-6,10-12H,1,7-9H2,(H,21,23)(H,22,24). The van der Waals surface area contributed by atoms with E-state index in [1.165, 1.54) is 30.6 Å². The number of hydrogen-bond donors (Lipinski definition) is 2. The van der Waals surface area contributed by atoms with Crippen molar-refractivity contribution in [2.24, 2.45) is 0 Å². The maximum atomic E-state index is 12.8. The number of halogens is 1. The number of nitrogens with one attached hydrogen (secondary N) is 2. The molecule has 0 bridgehead atoms. The molecule has 0 radical (unpaired) electrons. The minimum absolute atomic E-state index is 0.291. The molecule has 2 aromatic rings. The van der Waals surface area contributed by atoms with Crippen LogP contribution in [0, 0.1) is 5.82 Å². The summed E-state index contributed by atoms with van der Waals surface area (Å²) in [6.45, 7) is 4.26. The maximum absolute atomic E-state index is 12.8. The first-order valence-electron chi connectivity index (χ1n) is 7.47. The van der Waals surface area contributed by atoms with Crippen molar-refractivity contribution < 1.29 is 14.0 Å². The van der Waals surface area contributed by atoms with Crippen molar-refractivity contribution in [3.63, 3.8) is 0 Å². The average molecular weight is 327 g/mol. The topological polar surface area (TPSA) is 71.1 Å². The second-order valence-corrected chi connectivity index (χ2v) is 5.09. The lowest BCUT2D eigenvalue weighted by Gasteiger charge is -2.07. The van der Waals surface area contributed by atoms with Crippen molar-refractivity contribution in [1.29, 1.82) is 0 Å². The molecule has 0 aliphatic carbocycles. The van der Waals surface area contributed by atoms with E-state index in [2.05, 4.69) is 22.2 Å². The molecule has 2 N–H and O–H groups in total. The fourth-order valence-electron chi connectivity index (χ4n) is 2.03. The molecule has 0 saturated carbocycles. The van der Waals surface area contributed by atoms with Gasteiger partial charge >= 0.3 is 0 Å². The molecule has 2 amide bonds. The van der Waals surface area contributed by atoms with Crippen molar-refractivity contribution >= 4 is 11.8 Å². The summed E-state index contributed by atoms with van der Waals surface area (Å²) in [5.41, 5.74) is 1.54. The van der Waals surface area contributed by atoms with Gasteiger partial charge in [0.1, 0.15) is 5.82 Å². The molecule has 1 aromatic carbocycles. The second kappa shape index (κ2) is 8.57. The zero-order chi connectivity index (χ0) is 17.4. The quantitative estimate of drug-likeness (QED) is 0.765. The summed E-state index contributed by atoms with van der Waals surface area (Å²) in [5.74, 6) is -0.924. The van der Waals surface area contributed by atoms with Gasteiger partial charge in [-0.05, 0) is 30.2 Å². The van der Waals surface area contributed by atoms with E-state index in [0.717, 1.165) is 5.56 Å². The second-order valence-electron chi connectivity index (χ2n) is 5.09. The van der Waals surface area contributed by atoms with Gasteiger partial charge in [0.15, 0.2) is 0 Å². The predicted octanol–water partition coefficient (Wildman–Crippen LogP) is 2.11. The number of benzene rings is 1. The Labute approximate surface area is 139 Å². The van der Waals surface area contributed by atoms with Gasteiger partial charge in [-0.15, -0.1) is 6.58 Å². The normalized spacial score (nSPS) is 10.0. The third kappa shape index (κ3) is 5.01. The van der Waals surface area contributed by atoms with Crippen LogP contribution in [-0.2, 0) is 6.42 Å². The summed E-state index contributed by atoms with van der Waals surface area (Å²) in [6.07, 6.45) is 4.95. The maximum Gasteiger partial charge on any atom is 0.253 e. The van der Waals surface area contributed by atoms with Crippen LogP contribution in [0.1, 0.15) is 26.3 Å². The number of aromatic nitrogens is 1. The van der Waals surface area contributed by atoms with Gasteiger partial charge in [-0.1, -0.05) is 18.2 Å². The van der Waals surface area contributed by atoms with Gasteiger partial charge in [-0.2, -0.15) is 0 Å². The molecule has 0 fully saturated rings. The van der Waals surface area contributed by atoms with E-state index >= 15 is 0 Å². The third-order valence-corrected chi connectivity index (χ3v) is 3.28. The van der Waals surface area contributed by atoms with Crippen molar-refractivity contribution in [3.05, 3.63) is 77.9 Å². The van der Waals surface area contributed by atoms with Gasteiger partial charge in [0.05, 0.1) is 11.1 Å². The Hall–Kier alpha value is -3.02. The van der Waals surface area contributed by atoms with Crippen LogP contribution < -0.4 is 10.6 Å². The number of pyridine rings is 1. The van der Waals surface area contributed by atoms with Gasteiger partial charge in [0.2, 0.25) is 0 Å². The van der Waals surface area contributed by atoms with Gasteiger partial charge in [0, 0.05) is 25.5 Å². The molecule has 24 heavy (non-hydrogen) atoms. The molecule has 2 rings (SSSR count). The lowest BCUT2D eigenvalue weighted by atomic mass is 10.1. The van der Waals surface area contributed by atoms with Crippen molar-refractivity contribution in [3.8, 4) is 0 Å². The Kier molecular flexibility index (Phi) is 6.19. The smallest absolute Gasteiger partial charge is 0.253 e. The van der Waals surface area contributed by atoms with Crippen molar-refractivity contribution in [2.75, 3.05) is 13.1 Å². The highest BCUT2D eigenvalue weighted by Gasteiger charge is 2.10. The van der Waals surface area contributed by atoms with E-state index in [-0.39, 0.29) is 17.6 Å². The van der Waals surface area contributed by atoms with Crippen molar-refractivity contribution in [1.82, 2.24) is 15.6 Å².